The zero-order valence-electron chi connectivity index (χ0n) is 23.4. The second-order valence-electron chi connectivity index (χ2n) is 11.5. The molecule has 0 spiro atoms. The Balaban J connectivity index is 0.000000567. The highest BCUT2D eigenvalue weighted by molar-refractivity contribution is 6.08. The van der Waals surface area contributed by atoms with Gasteiger partial charge in [-0.3, -0.25) is 9.78 Å². The van der Waals surface area contributed by atoms with Crippen LogP contribution in [0, 0.1) is 12.7 Å². The summed E-state index contributed by atoms with van der Waals surface area (Å²) in [6, 6.07) is 11.7. The Morgan fingerprint density at radius 3 is 2.62 bits per heavy atom. The molecule has 2 heterocycles. The van der Waals surface area contributed by atoms with Crippen molar-refractivity contribution in [2.75, 3.05) is 13.2 Å². The molecule has 39 heavy (non-hydrogen) atoms. The van der Waals surface area contributed by atoms with Crippen LogP contribution in [0.2, 0.25) is 0 Å². The minimum absolute atomic E-state index is 0.121. The predicted molar refractivity (Wildman–Crippen MR) is 153 cm³/mol. The molecule has 0 unspecified atom stereocenters. The van der Waals surface area contributed by atoms with Crippen LogP contribution in [-0.4, -0.2) is 34.9 Å². The molecule has 1 aromatic heterocycles. The summed E-state index contributed by atoms with van der Waals surface area (Å²) in [7, 11) is 0. The van der Waals surface area contributed by atoms with Crippen LogP contribution in [0.15, 0.2) is 42.6 Å². The maximum atomic E-state index is 15.3. The van der Waals surface area contributed by atoms with Crippen molar-refractivity contribution in [1.82, 2.24) is 4.98 Å². The standard InChI is InChI=1S/C29H26FNO3.C4H10O/c1-3-33-26(32)15-21-16(2)12-19-13-22(17-4-5-17)24(30)14-23(19)28(21)20-6-7-25-27-18(9-11-34-25)8-10-31-29(20)27;1-4(2,3)5/h6-8,10,12-14,17H,3-5,9,11,15H2,1-2H3;5H,1-3H3. The minimum Gasteiger partial charge on any atom is -0.493 e. The van der Waals surface area contributed by atoms with E-state index in [9.17, 15) is 4.79 Å². The van der Waals surface area contributed by atoms with E-state index in [0.717, 1.165) is 74.5 Å². The summed E-state index contributed by atoms with van der Waals surface area (Å²) in [5, 5.41) is 11.3. The van der Waals surface area contributed by atoms with Gasteiger partial charge in [0.25, 0.3) is 0 Å². The van der Waals surface area contributed by atoms with Gasteiger partial charge in [-0.05, 0) is 122 Å². The molecule has 6 rings (SSSR count). The van der Waals surface area contributed by atoms with E-state index < -0.39 is 5.60 Å². The van der Waals surface area contributed by atoms with Crippen molar-refractivity contribution >= 4 is 27.6 Å². The second kappa shape index (κ2) is 10.6. The summed E-state index contributed by atoms with van der Waals surface area (Å²) >= 11 is 0. The number of fused-ring (bicyclic) bond motifs is 1. The van der Waals surface area contributed by atoms with Crippen molar-refractivity contribution in [2.45, 2.75) is 71.8 Å². The van der Waals surface area contributed by atoms with E-state index in [2.05, 4.69) is 6.07 Å². The van der Waals surface area contributed by atoms with E-state index in [1.54, 1.807) is 33.8 Å². The number of ether oxygens (including phenoxy) is 2. The van der Waals surface area contributed by atoms with Crippen molar-refractivity contribution in [1.29, 1.82) is 0 Å². The number of hydrogen-bond donors (Lipinski definition) is 1. The first-order valence-electron chi connectivity index (χ1n) is 13.7. The lowest BCUT2D eigenvalue weighted by Crippen LogP contribution is -2.11. The van der Waals surface area contributed by atoms with E-state index in [1.807, 2.05) is 37.4 Å². The number of hydrogen-bond acceptors (Lipinski definition) is 5. The quantitative estimate of drug-likeness (QED) is 0.277. The fraction of sp³-hybridized carbons (Fsp3) is 0.394. The second-order valence-corrected chi connectivity index (χ2v) is 11.5. The van der Waals surface area contributed by atoms with Crippen LogP contribution in [0.3, 0.4) is 0 Å². The topological polar surface area (TPSA) is 68.7 Å². The normalized spacial score (nSPS) is 14.5. The highest BCUT2D eigenvalue weighted by atomic mass is 19.1. The summed E-state index contributed by atoms with van der Waals surface area (Å²) in [5.41, 5.74) is 5.88. The molecule has 2 aliphatic rings. The number of aromatic nitrogens is 1. The van der Waals surface area contributed by atoms with E-state index in [-0.39, 0.29) is 18.2 Å². The van der Waals surface area contributed by atoms with Crippen LogP contribution in [0.4, 0.5) is 4.39 Å². The van der Waals surface area contributed by atoms with Crippen LogP contribution < -0.4 is 4.74 Å². The first-order valence-corrected chi connectivity index (χ1v) is 13.7. The number of nitrogens with zero attached hydrogens (tertiary/aromatic N) is 1. The number of pyridine rings is 1. The highest BCUT2D eigenvalue weighted by Gasteiger charge is 2.28. The average Bonchev–Trinajstić information content (AvgIpc) is 3.70. The molecule has 1 saturated carbocycles. The van der Waals surface area contributed by atoms with Crippen LogP contribution in [0.1, 0.15) is 68.7 Å². The van der Waals surface area contributed by atoms with Gasteiger partial charge in [0.2, 0.25) is 0 Å². The molecule has 0 saturated heterocycles. The summed E-state index contributed by atoms with van der Waals surface area (Å²) in [4.78, 5) is 17.3. The van der Waals surface area contributed by atoms with Gasteiger partial charge in [0.1, 0.15) is 11.6 Å². The van der Waals surface area contributed by atoms with Gasteiger partial charge in [-0.15, -0.1) is 0 Å². The zero-order chi connectivity index (χ0) is 27.9. The SMILES string of the molecule is CC(C)(C)O.CCOC(=O)Cc1c(C)cc2cc(C3CC3)c(F)cc2c1-c1ccc2c3c(ccnc13)CCO2. The highest BCUT2D eigenvalue weighted by Crippen LogP contribution is 2.46. The van der Waals surface area contributed by atoms with Crippen molar-refractivity contribution in [2.24, 2.45) is 0 Å². The maximum absolute atomic E-state index is 15.3. The number of rotatable bonds is 5. The van der Waals surface area contributed by atoms with Crippen molar-refractivity contribution in [3.8, 4) is 16.9 Å². The molecule has 0 atom stereocenters. The van der Waals surface area contributed by atoms with E-state index >= 15 is 4.39 Å². The monoisotopic (exact) mass is 529 g/mol. The van der Waals surface area contributed by atoms with E-state index in [0.29, 0.717) is 19.1 Å². The molecule has 1 aliphatic carbocycles. The first kappa shape index (κ1) is 27.1. The van der Waals surface area contributed by atoms with E-state index in [4.69, 9.17) is 19.6 Å². The fourth-order valence-corrected chi connectivity index (χ4v) is 5.33. The molecule has 0 radical (unpaired) electrons. The average molecular weight is 530 g/mol. The van der Waals surface area contributed by atoms with Gasteiger partial charge in [0.15, 0.2) is 0 Å². The van der Waals surface area contributed by atoms with E-state index in [1.165, 1.54) is 5.56 Å². The molecular weight excluding hydrogens is 493 g/mol. The first-order chi connectivity index (χ1) is 18.5. The lowest BCUT2D eigenvalue weighted by molar-refractivity contribution is -0.142. The van der Waals surface area contributed by atoms with Crippen LogP contribution >= 0.6 is 0 Å². The smallest absolute Gasteiger partial charge is 0.310 e. The van der Waals surface area contributed by atoms with Crippen LogP contribution in [0.5, 0.6) is 5.75 Å². The number of carbonyl (C=O) groups is 1. The molecular formula is C33H36FNO4. The largest absolute Gasteiger partial charge is 0.493 e. The Labute approximate surface area is 229 Å². The molecule has 1 aliphatic heterocycles. The molecule has 0 amide bonds. The molecule has 3 aromatic carbocycles. The van der Waals surface area contributed by atoms with Gasteiger partial charge in [0.05, 0.1) is 30.8 Å². The van der Waals surface area contributed by atoms with Crippen molar-refractivity contribution < 1.29 is 23.8 Å². The predicted octanol–water partition coefficient (Wildman–Crippen LogP) is 7.20. The van der Waals surface area contributed by atoms with Crippen LogP contribution in [-0.2, 0) is 22.4 Å². The third-order valence-electron chi connectivity index (χ3n) is 7.07. The Kier molecular flexibility index (Phi) is 7.34. The third kappa shape index (κ3) is 5.76. The van der Waals surface area contributed by atoms with Crippen LogP contribution in [0.25, 0.3) is 32.8 Å². The third-order valence-corrected chi connectivity index (χ3v) is 7.07. The van der Waals surface area contributed by atoms with Gasteiger partial charge < -0.3 is 14.6 Å². The summed E-state index contributed by atoms with van der Waals surface area (Å²) in [6.07, 6.45) is 4.84. The number of aryl methyl sites for hydroxylation is 1. The molecule has 204 valence electrons. The number of aliphatic hydroxyl groups is 1. The molecule has 4 aromatic rings. The van der Waals surface area contributed by atoms with Gasteiger partial charge in [-0.1, -0.05) is 6.07 Å². The minimum atomic E-state index is -0.500. The summed E-state index contributed by atoms with van der Waals surface area (Å²) in [6.45, 7) is 10.0. The van der Waals surface area contributed by atoms with Gasteiger partial charge >= 0.3 is 5.97 Å². The van der Waals surface area contributed by atoms with Crippen molar-refractivity contribution in [3.05, 3.63) is 70.7 Å². The number of benzene rings is 3. The number of esters is 1. The number of halogens is 1. The summed E-state index contributed by atoms with van der Waals surface area (Å²) < 4.78 is 26.5. The van der Waals surface area contributed by atoms with Gasteiger partial charge in [-0.2, -0.15) is 0 Å². The molecule has 6 heteroatoms. The Bertz CT molecular complexity index is 1550. The van der Waals surface area contributed by atoms with Gasteiger partial charge in [0, 0.05) is 23.6 Å². The van der Waals surface area contributed by atoms with Gasteiger partial charge in [-0.25, -0.2) is 4.39 Å². The maximum Gasteiger partial charge on any atom is 0.310 e. The summed E-state index contributed by atoms with van der Waals surface area (Å²) in [5.74, 6) is 0.660. The molecule has 5 nitrogen and oxygen atoms in total. The lowest BCUT2D eigenvalue weighted by Gasteiger charge is -2.22. The zero-order valence-corrected chi connectivity index (χ0v) is 23.4. The molecule has 1 N–H and O–H groups in total. The fourth-order valence-electron chi connectivity index (χ4n) is 5.33. The lowest BCUT2D eigenvalue weighted by atomic mass is 9.86. The Morgan fingerprint density at radius 1 is 1.18 bits per heavy atom. The molecule has 1 fully saturated rings. The van der Waals surface area contributed by atoms with Crippen molar-refractivity contribution in [3.63, 3.8) is 0 Å². The Morgan fingerprint density at radius 2 is 1.92 bits per heavy atom. The number of carbonyl (C=O) groups excluding carboxylic acids is 1. The Hall–Kier alpha value is -3.51. The molecule has 0 bridgehead atoms.